The first-order chi connectivity index (χ1) is 7.38. The van der Waals surface area contributed by atoms with E-state index in [2.05, 4.69) is 34.6 Å². The maximum Gasteiger partial charge on any atom is -0.0179 e. The topological polar surface area (TPSA) is 0 Å². The summed E-state index contributed by atoms with van der Waals surface area (Å²) in [5.41, 5.74) is 2.12. The summed E-state index contributed by atoms with van der Waals surface area (Å²) in [5.74, 6) is 5.24. The van der Waals surface area contributed by atoms with E-state index in [4.69, 9.17) is 0 Å². The molecule has 0 nitrogen and oxygen atoms in total. The van der Waals surface area contributed by atoms with Gasteiger partial charge in [-0.3, -0.25) is 0 Å². The predicted octanol–water partition coefficient (Wildman–Crippen LogP) is 4.35. The molecule has 4 saturated carbocycles. The number of fused-ring (bicyclic) bond motifs is 6. The van der Waals surface area contributed by atoms with Crippen LogP contribution in [-0.4, -0.2) is 0 Å². The van der Waals surface area contributed by atoms with Crippen molar-refractivity contribution in [2.45, 2.75) is 53.9 Å². The van der Waals surface area contributed by atoms with Crippen LogP contribution in [0.25, 0.3) is 0 Å². The second-order valence-electron chi connectivity index (χ2n) is 8.27. The zero-order valence-corrected chi connectivity index (χ0v) is 11.5. The standard InChI is InChI=1S/C16H26/c1-9-8-15(4)12(9)10(2)13-11-6-7-14(11,3)16(13,15)5/h9-13H,6-8H2,1-5H3/t9-,10+,11-,12-,13-,14-,15-,16-/m1/s1. The van der Waals surface area contributed by atoms with Crippen LogP contribution in [-0.2, 0) is 0 Å². The molecule has 0 unspecified atom stereocenters. The highest BCUT2D eigenvalue weighted by atomic mass is 14.9. The Labute approximate surface area is 100 Å². The Balaban J connectivity index is 1.84. The summed E-state index contributed by atoms with van der Waals surface area (Å²) in [6.45, 7) is 13.0. The molecule has 0 amide bonds. The van der Waals surface area contributed by atoms with E-state index in [-0.39, 0.29) is 0 Å². The molecule has 4 rings (SSSR count). The zero-order valence-electron chi connectivity index (χ0n) is 11.5. The lowest BCUT2D eigenvalue weighted by Gasteiger charge is -2.77. The first-order valence-corrected chi connectivity index (χ1v) is 7.38. The Hall–Kier alpha value is 0. The molecule has 4 aliphatic rings. The van der Waals surface area contributed by atoms with Crippen LogP contribution in [0, 0.1) is 45.8 Å². The lowest BCUT2D eigenvalue weighted by Crippen LogP contribution is -2.71. The van der Waals surface area contributed by atoms with E-state index in [9.17, 15) is 0 Å². The quantitative estimate of drug-likeness (QED) is 0.567. The van der Waals surface area contributed by atoms with Gasteiger partial charge in [-0.25, -0.2) is 0 Å². The van der Waals surface area contributed by atoms with Gasteiger partial charge in [0, 0.05) is 0 Å². The lowest BCUT2D eigenvalue weighted by atomic mass is 9.27. The smallest absolute Gasteiger partial charge is 0.0179 e. The maximum absolute atomic E-state index is 2.66. The first kappa shape index (κ1) is 9.97. The summed E-state index contributed by atoms with van der Waals surface area (Å²) in [6, 6.07) is 0. The highest BCUT2D eigenvalue weighted by molar-refractivity contribution is 5.31. The summed E-state index contributed by atoms with van der Waals surface area (Å²) in [6.07, 6.45) is 4.57. The Kier molecular flexibility index (Phi) is 1.41. The van der Waals surface area contributed by atoms with Gasteiger partial charge in [-0.2, -0.15) is 0 Å². The van der Waals surface area contributed by atoms with Crippen molar-refractivity contribution in [1.82, 2.24) is 0 Å². The van der Waals surface area contributed by atoms with E-state index in [0.717, 1.165) is 35.0 Å². The fourth-order valence-electron chi connectivity index (χ4n) is 7.86. The van der Waals surface area contributed by atoms with Crippen LogP contribution in [0.5, 0.6) is 0 Å². The third-order valence-electron chi connectivity index (χ3n) is 8.49. The lowest BCUT2D eigenvalue weighted by molar-refractivity contribution is -0.296. The van der Waals surface area contributed by atoms with Gasteiger partial charge in [0.1, 0.15) is 0 Å². The van der Waals surface area contributed by atoms with Gasteiger partial charge in [0.05, 0.1) is 0 Å². The monoisotopic (exact) mass is 218 g/mol. The van der Waals surface area contributed by atoms with Gasteiger partial charge in [-0.15, -0.1) is 0 Å². The van der Waals surface area contributed by atoms with Crippen LogP contribution < -0.4 is 0 Å². The summed E-state index contributed by atoms with van der Waals surface area (Å²) < 4.78 is 0. The minimum atomic E-state index is 0.694. The SMILES string of the molecule is C[C@@H]1[C@@H]2[C@H]3CC[C@@]3(C)[C@]2(C)[C@]2(C)C[C@@H](C)[C@H]12. The molecular weight excluding hydrogens is 192 g/mol. The third kappa shape index (κ3) is 0.596. The average molecular weight is 218 g/mol. The molecule has 16 heavy (non-hydrogen) atoms. The molecule has 0 heteroatoms. The molecular formula is C16H26. The number of rotatable bonds is 0. The van der Waals surface area contributed by atoms with E-state index >= 15 is 0 Å². The molecule has 8 atom stereocenters. The van der Waals surface area contributed by atoms with E-state index in [1.54, 1.807) is 0 Å². The van der Waals surface area contributed by atoms with Crippen molar-refractivity contribution in [2.75, 3.05) is 0 Å². The summed E-state index contributed by atoms with van der Waals surface area (Å²) in [7, 11) is 0. The Bertz CT molecular complexity index is 372. The molecule has 0 aromatic heterocycles. The van der Waals surface area contributed by atoms with E-state index in [1.807, 2.05) is 0 Å². The zero-order chi connectivity index (χ0) is 11.5. The molecule has 0 aliphatic heterocycles. The molecule has 0 radical (unpaired) electrons. The highest BCUT2D eigenvalue weighted by Gasteiger charge is 2.84. The van der Waals surface area contributed by atoms with Gasteiger partial charge in [-0.05, 0) is 65.1 Å². The molecule has 0 N–H and O–H groups in total. The molecule has 4 fully saturated rings. The third-order valence-corrected chi connectivity index (χ3v) is 8.49. The molecule has 0 spiro atoms. The molecule has 0 bridgehead atoms. The first-order valence-electron chi connectivity index (χ1n) is 7.38. The van der Waals surface area contributed by atoms with Gasteiger partial charge in [0.25, 0.3) is 0 Å². The Morgan fingerprint density at radius 3 is 2.12 bits per heavy atom. The van der Waals surface area contributed by atoms with Crippen LogP contribution >= 0.6 is 0 Å². The van der Waals surface area contributed by atoms with Crippen molar-refractivity contribution >= 4 is 0 Å². The normalized spacial score (nSPS) is 75.2. The fourth-order valence-corrected chi connectivity index (χ4v) is 7.86. The minimum absolute atomic E-state index is 0.694. The van der Waals surface area contributed by atoms with Gasteiger partial charge in [0.15, 0.2) is 0 Å². The van der Waals surface area contributed by atoms with Crippen LogP contribution in [0.1, 0.15) is 53.9 Å². The molecule has 4 aliphatic carbocycles. The second-order valence-corrected chi connectivity index (χ2v) is 8.27. The van der Waals surface area contributed by atoms with Crippen LogP contribution in [0.2, 0.25) is 0 Å². The van der Waals surface area contributed by atoms with Crippen LogP contribution in [0.3, 0.4) is 0 Å². The summed E-state index contributed by atoms with van der Waals surface area (Å²) >= 11 is 0. The molecule has 90 valence electrons. The van der Waals surface area contributed by atoms with Crippen molar-refractivity contribution in [3.05, 3.63) is 0 Å². The predicted molar refractivity (Wildman–Crippen MR) is 67.0 cm³/mol. The van der Waals surface area contributed by atoms with Crippen molar-refractivity contribution in [2.24, 2.45) is 45.8 Å². The largest absolute Gasteiger partial charge is 0.0622 e. The maximum atomic E-state index is 2.66. The number of hydrogen-bond donors (Lipinski definition) is 0. The van der Waals surface area contributed by atoms with E-state index in [0.29, 0.717) is 10.8 Å². The number of hydrogen-bond acceptors (Lipinski definition) is 0. The van der Waals surface area contributed by atoms with Crippen molar-refractivity contribution < 1.29 is 0 Å². The highest BCUT2D eigenvalue weighted by Crippen LogP contribution is 2.89. The van der Waals surface area contributed by atoms with Crippen LogP contribution in [0.15, 0.2) is 0 Å². The summed E-state index contributed by atoms with van der Waals surface area (Å²) in [5, 5.41) is 0. The van der Waals surface area contributed by atoms with Crippen molar-refractivity contribution in [3.63, 3.8) is 0 Å². The minimum Gasteiger partial charge on any atom is -0.0622 e. The van der Waals surface area contributed by atoms with Crippen molar-refractivity contribution in [1.29, 1.82) is 0 Å². The molecule has 0 aromatic carbocycles. The van der Waals surface area contributed by atoms with Gasteiger partial charge in [0.2, 0.25) is 0 Å². The Morgan fingerprint density at radius 1 is 0.938 bits per heavy atom. The molecule has 0 aromatic rings. The fraction of sp³-hybridized carbons (Fsp3) is 1.00. The second kappa shape index (κ2) is 2.27. The molecule has 0 saturated heterocycles. The van der Waals surface area contributed by atoms with Gasteiger partial charge >= 0.3 is 0 Å². The van der Waals surface area contributed by atoms with Crippen LogP contribution in [0.4, 0.5) is 0 Å². The van der Waals surface area contributed by atoms with Crippen molar-refractivity contribution in [3.8, 4) is 0 Å². The average Bonchev–Trinajstić information content (AvgIpc) is 2.31. The summed E-state index contributed by atoms with van der Waals surface area (Å²) in [4.78, 5) is 0. The Morgan fingerprint density at radius 2 is 1.62 bits per heavy atom. The van der Waals surface area contributed by atoms with E-state index < -0.39 is 0 Å². The molecule has 0 heterocycles. The van der Waals surface area contributed by atoms with E-state index in [1.165, 1.54) is 19.3 Å². The van der Waals surface area contributed by atoms with Gasteiger partial charge in [-0.1, -0.05) is 34.6 Å². The van der Waals surface area contributed by atoms with Gasteiger partial charge < -0.3 is 0 Å².